The van der Waals surface area contributed by atoms with Crippen LogP contribution in [-0.2, 0) is 14.3 Å². The third-order valence-corrected chi connectivity index (χ3v) is 2.68. The lowest BCUT2D eigenvalue weighted by Gasteiger charge is -2.12. The maximum atomic E-state index is 11.8. The number of hydrogen-bond acceptors (Lipinski definition) is 4. The molecule has 1 unspecified atom stereocenters. The van der Waals surface area contributed by atoms with Crippen LogP contribution in [0.5, 0.6) is 0 Å². The molecule has 0 aliphatic carbocycles. The van der Waals surface area contributed by atoms with E-state index >= 15 is 0 Å². The third kappa shape index (κ3) is 4.99. The van der Waals surface area contributed by atoms with Crippen LogP contribution < -0.4 is 11.1 Å². The van der Waals surface area contributed by atoms with Crippen LogP contribution >= 0.6 is 0 Å². The molecule has 104 valence electrons. The van der Waals surface area contributed by atoms with Crippen molar-refractivity contribution in [2.24, 2.45) is 0 Å². The second-order valence-corrected chi connectivity index (χ2v) is 4.35. The van der Waals surface area contributed by atoms with Crippen LogP contribution in [0.3, 0.4) is 0 Å². The summed E-state index contributed by atoms with van der Waals surface area (Å²) in [6.45, 7) is 4.02. The average molecular weight is 264 g/mol. The number of hydrogen-bond donors (Lipinski definition) is 2. The number of nitrogen functional groups attached to an aromatic ring is 1. The maximum Gasteiger partial charge on any atom is 0.313 e. The van der Waals surface area contributed by atoms with E-state index in [1.165, 1.54) is 0 Å². The van der Waals surface area contributed by atoms with Crippen molar-refractivity contribution in [2.75, 3.05) is 18.9 Å². The van der Waals surface area contributed by atoms with E-state index in [2.05, 4.69) is 5.32 Å². The number of nitrogens with one attached hydrogen (secondary N) is 1. The van der Waals surface area contributed by atoms with E-state index in [1.807, 2.05) is 6.92 Å². The summed E-state index contributed by atoms with van der Waals surface area (Å²) in [6, 6.07) is 7.06. The van der Waals surface area contributed by atoms with Crippen molar-refractivity contribution in [3.63, 3.8) is 0 Å². The summed E-state index contributed by atoms with van der Waals surface area (Å²) in [6.07, 6.45) is 0.847. The number of anilines is 1. The van der Waals surface area contributed by atoms with Gasteiger partial charge in [0.1, 0.15) is 0 Å². The zero-order valence-corrected chi connectivity index (χ0v) is 11.3. The van der Waals surface area contributed by atoms with Gasteiger partial charge in [0.25, 0.3) is 5.91 Å². The monoisotopic (exact) mass is 264 g/mol. The molecule has 1 aromatic rings. The molecule has 0 spiro atoms. The lowest BCUT2D eigenvalue weighted by molar-refractivity contribution is -0.149. The van der Waals surface area contributed by atoms with Crippen molar-refractivity contribution < 1.29 is 14.3 Å². The van der Waals surface area contributed by atoms with E-state index in [4.69, 9.17) is 10.5 Å². The van der Waals surface area contributed by atoms with E-state index in [0.717, 1.165) is 12.0 Å². The minimum atomic E-state index is -0.442. The quantitative estimate of drug-likeness (QED) is 0.601. The van der Waals surface area contributed by atoms with Crippen LogP contribution in [-0.4, -0.2) is 25.0 Å². The second kappa shape index (κ2) is 7.41. The Morgan fingerprint density at radius 1 is 1.42 bits per heavy atom. The molecule has 0 aliphatic rings. The number of ether oxygens (including phenoxy) is 1. The third-order valence-electron chi connectivity index (χ3n) is 2.68. The van der Waals surface area contributed by atoms with Gasteiger partial charge >= 0.3 is 5.97 Å². The first-order valence-electron chi connectivity index (χ1n) is 6.33. The molecule has 0 bridgehead atoms. The molecular formula is C14H20N2O3. The van der Waals surface area contributed by atoms with Gasteiger partial charge < -0.3 is 15.8 Å². The molecule has 0 aliphatic heterocycles. The summed E-state index contributed by atoms with van der Waals surface area (Å²) in [4.78, 5) is 23.1. The van der Waals surface area contributed by atoms with Gasteiger partial charge in [0.05, 0.1) is 5.92 Å². The predicted molar refractivity (Wildman–Crippen MR) is 73.5 cm³/mol. The summed E-state index contributed by atoms with van der Waals surface area (Å²) < 4.78 is 4.97. The molecule has 1 aromatic carbocycles. The Kier molecular flexibility index (Phi) is 5.85. The van der Waals surface area contributed by atoms with Crippen LogP contribution in [0.25, 0.3) is 0 Å². The average Bonchev–Trinajstić information content (AvgIpc) is 2.41. The number of amides is 1. The molecule has 0 heterocycles. The highest BCUT2D eigenvalue weighted by Crippen LogP contribution is 2.18. The molecule has 0 saturated heterocycles. The first-order chi connectivity index (χ1) is 9.04. The van der Waals surface area contributed by atoms with E-state index in [9.17, 15) is 9.59 Å². The highest BCUT2D eigenvalue weighted by Gasteiger charge is 2.17. The minimum absolute atomic E-state index is 0.245. The number of rotatable bonds is 6. The van der Waals surface area contributed by atoms with Crippen LogP contribution in [0.15, 0.2) is 24.3 Å². The Bertz CT molecular complexity index is 446. The summed E-state index contributed by atoms with van der Waals surface area (Å²) in [7, 11) is 0. The molecule has 5 nitrogen and oxygen atoms in total. The molecule has 1 rings (SSSR count). The lowest BCUT2D eigenvalue weighted by Crippen LogP contribution is -2.30. The Morgan fingerprint density at radius 3 is 2.79 bits per heavy atom. The standard InChI is InChI=1S/C14H20N2O3/c1-3-7-16-13(17)9-19-14(18)10(2)11-5-4-6-12(15)8-11/h4-6,8,10H,3,7,9,15H2,1-2H3,(H,16,17). The summed E-state index contributed by atoms with van der Waals surface area (Å²) in [5, 5.41) is 2.64. The van der Waals surface area contributed by atoms with E-state index in [-0.39, 0.29) is 12.5 Å². The fourth-order valence-corrected chi connectivity index (χ4v) is 1.54. The van der Waals surface area contributed by atoms with Crippen molar-refractivity contribution in [3.8, 4) is 0 Å². The van der Waals surface area contributed by atoms with E-state index in [0.29, 0.717) is 12.2 Å². The van der Waals surface area contributed by atoms with Crippen molar-refractivity contribution in [1.82, 2.24) is 5.32 Å². The number of nitrogens with two attached hydrogens (primary N) is 1. The molecule has 0 fully saturated rings. The number of carbonyl (C=O) groups is 2. The van der Waals surface area contributed by atoms with Crippen molar-refractivity contribution >= 4 is 17.6 Å². The molecule has 0 aromatic heterocycles. The van der Waals surface area contributed by atoms with Crippen molar-refractivity contribution in [1.29, 1.82) is 0 Å². The van der Waals surface area contributed by atoms with Crippen molar-refractivity contribution in [3.05, 3.63) is 29.8 Å². The molecule has 1 atom stereocenters. The molecule has 0 radical (unpaired) electrons. The largest absolute Gasteiger partial charge is 0.455 e. The fourth-order valence-electron chi connectivity index (χ4n) is 1.54. The molecule has 3 N–H and O–H groups in total. The molecule has 1 amide bonds. The second-order valence-electron chi connectivity index (χ2n) is 4.35. The van der Waals surface area contributed by atoms with Gasteiger partial charge in [0.15, 0.2) is 6.61 Å². The smallest absolute Gasteiger partial charge is 0.313 e. The maximum absolute atomic E-state index is 11.8. The van der Waals surface area contributed by atoms with Crippen LogP contribution in [0.4, 0.5) is 5.69 Å². The van der Waals surface area contributed by atoms with Gasteiger partial charge in [-0.1, -0.05) is 19.1 Å². The summed E-state index contributed by atoms with van der Waals surface area (Å²) >= 11 is 0. The minimum Gasteiger partial charge on any atom is -0.455 e. The van der Waals surface area contributed by atoms with E-state index in [1.54, 1.807) is 31.2 Å². The highest BCUT2D eigenvalue weighted by molar-refractivity contribution is 5.83. The first-order valence-corrected chi connectivity index (χ1v) is 6.33. The Balaban J connectivity index is 2.47. The van der Waals surface area contributed by atoms with E-state index < -0.39 is 11.9 Å². The van der Waals surface area contributed by atoms with Gasteiger partial charge in [0.2, 0.25) is 0 Å². The number of esters is 1. The molecular weight excluding hydrogens is 244 g/mol. The number of carbonyl (C=O) groups excluding carboxylic acids is 2. The van der Waals surface area contributed by atoms with Gasteiger partial charge in [-0.05, 0) is 31.0 Å². The van der Waals surface area contributed by atoms with Crippen LogP contribution in [0.2, 0.25) is 0 Å². The van der Waals surface area contributed by atoms with Gasteiger partial charge in [0, 0.05) is 12.2 Å². The summed E-state index contributed by atoms with van der Waals surface area (Å²) in [5.41, 5.74) is 7.03. The van der Waals surface area contributed by atoms with Gasteiger partial charge in [-0.15, -0.1) is 0 Å². The highest BCUT2D eigenvalue weighted by atomic mass is 16.5. The topological polar surface area (TPSA) is 81.4 Å². The molecule has 5 heteroatoms. The van der Waals surface area contributed by atoms with Gasteiger partial charge in [-0.25, -0.2) is 0 Å². The molecule has 19 heavy (non-hydrogen) atoms. The zero-order valence-electron chi connectivity index (χ0n) is 11.3. The van der Waals surface area contributed by atoms with Crippen LogP contribution in [0.1, 0.15) is 31.7 Å². The lowest BCUT2D eigenvalue weighted by atomic mass is 10.0. The Labute approximate surface area is 113 Å². The van der Waals surface area contributed by atoms with Crippen molar-refractivity contribution in [2.45, 2.75) is 26.2 Å². The Morgan fingerprint density at radius 2 is 2.16 bits per heavy atom. The zero-order chi connectivity index (χ0) is 14.3. The molecule has 0 saturated carbocycles. The summed E-state index contributed by atoms with van der Waals surface area (Å²) in [5.74, 6) is -1.16. The van der Waals surface area contributed by atoms with Gasteiger partial charge in [-0.3, -0.25) is 9.59 Å². The SMILES string of the molecule is CCCNC(=O)COC(=O)C(C)c1cccc(N)c1. The van der Waals surface area contributed by atoms with Gasteiger partial charge in [-0.2, -0.15) is 0 Å². The Hall–Kier alpha value is -2.04. The predicted octanol–water partition coefficient (Wildman–Crippen LogP) is 1.44. The number of benzene rings is 1. The first kappa shape index (κ1) is 15.0. The van der Waals surface area contributed by atoms with Crippen LogP contribution in [0, 0.1) is 0 Å². The fraction of sp³-hybridized carbons (Fsp3) is 0.429. The normalized spacial score (nSPS) is 11.7.